The lowest BCUT2D eigenvalue weighted by atomic mass is 9.87. The second-order valence-electron chi connectivity index (χ2n) is 7.10. The van der Waals surface area contributed by atoms with Gasteiger partial charge in [-0.1, -0.05) is 18.2 Å². The van der Waals surface area contributed by atoms with Gasteiger partial charge in [0.1, 0.15) is 6.29 Å². The van der Waals surface area contributed by atoms with Crippen molar-refractivity contribution in [2.45, 2.75) is 28.7 Å². The molecule has 1 aliphatic heterocycles. The highest BCUT2D eigenvalue weighted by atomic mass is 32.2. The largest absolute Gasteiger partial charge is 0.314 e. The minimum atomic E-state index is -3.62. The maximum absolute atomic E-state index is 13.0. The van der Waals surface area contributed by atoms with E-state index in [0.717, 1.165) is 30.6 Å². The zero-order chi connectivity index (χ0) is 18.9. The van der Waals surface area contributed by atoms with Crippen molar-refractivity contribution in [1.29, 1.82) is 0 Å². The Morgan fingerprint density at radius 2 is 1.73 bits per heavy atom. The van der Waals surface area contributed by atoms with Crippen LogP contribution in [0.5, 0.6) is 0 Å². The molecule has 5 nitrogen and oxygen atoms in total. The van der Waals surface area contributed by atoms with Crippen LogP contribution in [-0.2, 0) is 21.8 Å². The standard InChI is InChI=1S/C20H24N2O3S/c1-20(22(2)3)14-21-11-10-16-12-18(8-9-19(16)20)26(24,25)17-6-4-15(13-23)5-7-17/h4-9,12-13,21H,10-11,14H2,1-3H3. The lowest BCUT2D eigenvalue weighted by Gasteiger charge is -2.37. The predicted molar refractivity (Wildman–Crippen MR) is 101 cm³/mol. The summed E-state index contributed by atoms with van der Waals surface area (Å²) in [7, 11) is 0.459. The van der Waals surface area contributed by atoms with Gasteiger partial charge in [-0.05, 0) is 69.4 Å². The molecule has 2 aromatic carbocycles. The molecule has 0 spiro atoms. The minimum absolute atomic E-state index is 0.195. The van der Waals surface area contributed by atoms with Crippen LogP contribution in [0.4, 0.5) is 0 Å². The second-order valence-corrected chi connectivity index (χ2v) is 9.05. The van der Waals surface area contributed by atoms with Crippen molar-refractivity contribution in [3.05, 3.63) is 59.2 Å². The smallest absolute Gasteiger partial charge is 0.206 e. The van der Waals surface area contributed by atoms with E-state index in [1.54, 1.807) is 12.1 Å². The van der Waals surface area contributed by atoms with Crippen LogP contribution in [0.25, 0.3) is 0 Å². The predicted octanol–water partition coefficient (Wildman–Crippen LogP) is 2.25. The highest BCUT2D eigenvalue weighted by Gasteiger charge is 2.33. The molecule has 0 bridgehead atoms. The number of aldehydes is 1. The monoisotopic (exact) mass is 372 g/mol. The van der Waals surface area contributed by atoms with Crippen molar-refractivity contribution in [2.24, 2.45) is 0 Å². The fourth-order valence-electron chi connectivity index (χ4n) is 3.38. The summed E-state index contributed by atoms with van der Waals surface area (Å²) >= 11 is 0. The molecule has 1 heterocycles. The van der Waals surface area contributed by atoms with Crippen LogP contribution in [0, 0.1) is 0 Å². The highest BCUT2D eigenvalue weighted by Crippen LogP contribution is 2.33. The molecule has 1 N–H and O–H groups in total. The molecule has 3 rings (SSSR count). The number of hydrogen-bond donors (Lipinski definition) is 1. The van der Waals surface area contributed by atoms with E-state index in [4.69, 9.17) is 0 Å². The number of hydrogen-bond acceptors (Lipinski definition) is 5. The molecule has 2 aromatic rings. The van der Waals surface area contributed by atoms with E-state index in [1.807, 2.05) is 20.2 Å². The lowest BCUT2D eigenvalue weighted by Crippen LogP contribution is -2.45. The average molecular weight is 372 g/mol. The number of carbonyl (C=O) groups is 1. The fraction of sp³-hybridized carbons (Fsp3) is 0.350. The number of sulfone groups is 1. The van der Waals surface area contributed by atoms with Crippen molar-refractivity contribution in [1.82, 2.24) is 10.2 Å². The van der Waals surface area contributed by atoms with Gasteiger partial charge in [0.05, 0.1) is 15.3 Å². The SMILES string of the molecule is CN(C)C1(C)CNCCc2cc(S(=O)(=O)c3ccc(C=O)cc3)ccc21. The van der Waals surface area contributed by atoms with Gasteiger partial charge in [0, 0.05) is 12.1 Å². The van der Waals surface area contributed by atoms with Gasteiger partial charge in [0.15, 0.2) is 0 Å². The molecule has 1 aliphatic rings. The maximum atomic E-state index is 13.0. The summed E-state index contributed by atoms with van der Waals surface area (Å²) in [6.07, 6.45) is 1.49. The molecule has 6 heteroatoms. The first-order valence-corrected chi connectivity index (χ1v) is 10.1. The average Bonchev–Trinajstić information content (AvgIpc) is 2.81. The van der Waals surface area contributed by atoms with Gasteiger partial charge in [-0.15, -0.1) is 0 Å². The summed E-state index contributed by atoms with van der Waals surface area (Å²) in [5.74, 6) is 0. The molecule has 0 radical (unpaired) electrons. The van der Waals surface area contributed by atoms with Crippen molar-refractivity contribution in [3.8, 4) is 0 Å². The lowest BCUT2D eigenvalue weighted by molar-refractivity contribution is 0.112. The summed E-state index contributed by atoms with van der Waals surface area (Å²) in [4.78, 5) is 13.4. The van der Waals surface area contributed by atoms with E-state index in [2.05, 4.69) is 17.1 Å². The Balaban J connectivity index is 2.07. The van der Waals surface area contributed by atoms with E-state index in [-0.39, 0.29) is 15.3 Å². The van der Waals surface area contributed by atoms with E-state index < -0.39 is 9.84 Å². The molecule has 0 aliphatic carbocycles. The van der Waals surface area contributed by atoms with Crippen LogP contribution in [-0.4, -0.2) is 46.8 Å². The number of rotatable bonds is 4. The van der Waals surface area contributed by atoms with Crippen LogP contribution in [0.3, 0.4) is 0 Å². The van der Waals surface area contributed by atoms with Crippen molar-refractivity contribution < 1.29 is 13.2 Å². The summed E-state index contributed by atoms with van der Waals surface area (Å²) in [6, 6.07) is 11.4. The zero-order valence-electron chi connectivity index (χ0n) is 15.3. The van der Waals surface area contributed by atoms with Crippen LogP contribution in [0.2, 0.25) is 0 Å². The van der Waals surface area contributed by atoms with Crippen LogP contribution >= 0.6 is 0 Å². The number of likely N-dealkylation sites (N-methyl/N-ethyl adjacent to an activating group) is 1. The molecule has 26 heavy (non-hydrogen) atoms. The van der Waals surface area contributed by atoms with Gasteiger partial charge in [0.25, 0.3) is 0 Å². The van der Waals surface area contributed by atoms with Gasteiger partial charge < -0.3 is 5.32 Å². The first-order chi connectivity index (χ1) is 12.3. The Morgan fingerprint density at radius 3 is 2.35 bits per heavy atom. The number of nitrogens with one attached hydrogen (secondary N) is 1. The second kappa shape index (κ2) is 6.95. The van der Waals surface area contributed by atoms with Gasteiger partial charge in [-0.3, -0.25) is 9.69 Å². The topological polar surface area (TPSA) is 66.5 Å². The fourth-order valence-corrected chi connectivity index (χ4v) is 4.69. The molecule has 1 atom stereocenters. The van der Waals surface area contributed by atoms with Crippen molar-refractivity contribution in [3.63, 3.8) is 0 Å². The number of carbonyl (C=O) groups excluding carboxylic acids is 1. The van der Waals surface area contributed by atoms with Gasteiger partial charge in [0.2, 0.25) is 9.84 Å². The van der Waals surface area contributed by atoms with E-state index in [1.165, 1.54) is 24.3 Å². The highest BCUT2D eigenvalue weighted by molar-refractivity contribution is 7.91. The molecular formula is C20H24N2O3S. The Morgan fingerprint density at radius 1 is 1.08 bits per heavy atom. The number of benzene rings is 2. The summed E-state index contributed by atoms with van der Waals surface area (Å²) in [5, 5.41) is 3.44. The quantitative estimate of drug-likeness (QED) is 0.834. The summed E-state index contributed by atoms with van der Waals surface area (Å²) in [5.41, 5.74) is 2.47. The Bertz CT molecular complexity index is 921. The summed E-state index contributed by atoms with van der Waals surface area (Å²) in [6.45, 7) is 3.79. The molecule has 138 valence electrons. The van der Waals surface area contributed by atoms with E-state index >= 15 is 0 Å². The maximum Gasteiger partial charge on any atom is 0.206 e. The zero-order valence-corrected chi connectivity index (χ0v) is 16.1. The van der Waals surface area contributed by atoms with Gasteiger partial charge in [-0.25, -0.2) is 8.42 Å². The van der Waals surface area contributed by atoms with E-state index in [9.17, 15) is 13.2 Å². The molecule has 0 amide bonds. The first kappa shape index (κ1) is 18.8. The Hall–Kier alpha value is -2.02. The minimum Gasteiger partial charge on any atom is -0.314 e. The molecule has 1 unspecified atom stereocenters. The van der Waals surface area contributed by atoms with Crippen molar-refractivity contribution >= 4 is 16.1 Å². The van der Waals surface area contributed by atoms with E-state index in [0.29, 0.717) is 11.8 Å². The normalized spacial score (nSPS) is 20.5. The third kappa shape index (κ3) is 3.20. The summed E-state index contributed by atoms with van der Waals surface area (Å²) < 4.78 is 26.0. The van der Waals surface area contributed by atoms with Crippen LogP contribution in [0.15, 0.2) is 52.3 Å². The van der Waals surface area contributed by atoms with Gasteiger partial charge in [-0.2, -0.15) is 0 Å². The van der Waals surface area contributed by atoms with Crippen LogP contribution in [0.1, 0.15) is 28.4 Å². The Kier molecular flexibility index (Phi) is 5.01. The number of nitrogens with zero attached hydrogens (tertiary/aromatic N) is 1. The number of fused-ring (bicyclic) bond motifs is 1. The molecule has 0 aromatic heterocycles. The third-order valence-corrected chi connectivity index (χ3v) is 7.09. The third-order valence-electron chi connectivity index (χ3n) is 5.32. The molecule has 0 fully saturated rings. The molecule has 0 saturated carbocycles. The molecular weight excluding hydrogens is 348 g/mol. The molecule has 0 saturated heterocycles. The van der Waals surface area contributed by atoms with Gasteiger partial charge >= 0.3 is 0 Å². The Labute approximate surface area is 154 Å². The van der Waals surface area contributed by atoms with Crippen molar-refractivity contribution in [2.75, 3.05) is 27.2 Å². The first-order valence-electron chi connectivity index (χ1n) is 8.61. The van der Waals surface area contributed by atoms with Crippen LogP contribution < -0.4 is 5.32 Å².